The second kappa shape index (κ2) is 8.69. The van der Waals surface area contributed by atoms with Crippen LogP contribution < -0.4 is 10.5 Å². The van der Waals surface area contributed by atoms with Crippen LogP contribution in [0.25, 0.3) is 20.7 Å². The molecule has 4 heterocycles. The maximum atomic E-state index is 13.2. The van der Waals surface area contributed by atoms with Crippen LogP contribution in [-0.4, -0.2) is 46.5 Å². The molecule has 0 unspecified atom stereocenters. The number of carbonyl (C=O) groups is 1. The predicted molar refractivity (Wildman–Crippen MR) is 132 cm³/mol. The van der Waals surface area contributed by atoms with Crippen LogP contribution in [0.4, 0.5) is 5.69 Å². The summed E-state index contributed by atoms with van der Waals surface area (Å²) in [5.41, 5.74) is 1.80. The first-order valence-corrected chi connectivity index (χ1v) is 12.4. The van der Waals surface area contributed by atoms with E-state index < -0.39 is 0 Å². The van der Waals surface area contributed by atoms with E-state index in [0.717, 1.165) is 29.2 Å². The second-order valence-electron chi connectivity index (χ2n) is 7.77. The molecule has 1 saturated heterocycles. The molecule has 1 aliphatic rings. The molecule has 0 aliphatic carbocycles. The van der Waals surface area contributed by atoms with E-state index in [9.17, 15) is 9.59 Å². The van der Waals surface area contributed by atoms with Gasteiger partial charge >= 0.3 is 0 Å². The van der Waals surface area contributed by atoms with Crippen molar-refractivity contribution in [2.24, 2.45) is 0 Å². The molecule has 1 amide bonds. The maximum Gasteiger partial charge on any atom is 0.263 e. The number of nitrogens with zero attached hydrogens (tertiary/aromatic N) is 4. The number of carbonyl (C=O) groups excluding carboxylic acids is 1. The number of rotatable bonds is 4. The monoisotopic (exact) mass is 484 g/mol. The van der Waals surface area contributed by atoms with Gasteiger partial charge in [0.15, 0.2) is 0 Å². The lowest BCUT2D eigenvalue weighted by Crippen LogP contribution is -2.50. The number of hydrogen-bond acceptors (Lipinski definition) is 6. The number of anilines is 1. The molecule has 164 valence electrons. The summed E-state index contributed by atoms with van der Waals surface area (Å²) >= 11 is 9.22. The summed E-state index contributed by atoms with van der Waals surface area (Å²) in [5.74, 6) is -0.0669. The van der Waals surface area contributed by atoms with E-state index in [0.29, 0.717) is 28.3 Å². The Balaban J connectivity index is 1.32. The van der Waals surface area contributed by atoms with Crippen LogP contribution in [0, 0.1) is 6.92 Å². The predicted octanol–water partition coefficient (Wildman–Crippen LogP) is 4.50. The minimum Gasteiger partial charge on any atom is -0.368 e. The SMILES string of the molecule is Cc1ccc(-c2csc3ncn(CC(=O)N4CCN(c5cccc(Cl)c5)CC4)c(=O)c23)s1. The molecule has 4 aromatic rings. The van der Waals surface area contributed by atoms with Gasteiger partial charge in [-0.2, -0.15) is 0 Å². The summed E-state index contributed by atoms with van der Waals surface area (Å²) in [4.78, 5) is 37.6. The zero-order chi connectivity index (χ0) is 22.2. The molecule has 6 nitrogen and oxygen atoms in total. The summed E-state index contributed by atoms with van der Waals surface area (Å²) < 4.78 is 1.44. The Morgan fingerprint density at radius 2 is 1.97 bits per heavy atom. The van der Waals surface area contributed by atoms with Crippen molar-refractivity contribution in [3.63, 3.8) is 0 Å². The molecule has 0 radical (unpaired) electrons. The number of amides is 1. The molecule has 3 aromatic heterocycles. The molecule has 32 heavy (non-hydrogen) atoms. The Labute approximate surface area is 198 Å². The van der Waals surface area contributed by atoms with E-state index in [1.165, 1.54) is 27.1 Å². The van der Waals surface area contributed by atoms with Gasteiger partial charge in [0.2, 0.25) is 5.91 Å². The van der Waals surface area contributed by atoms with Crippen LogP contribution in [0.3, 0.4) is 0 Å². The highest BCUT2D eigenvalue weighted by Gasteiger charge is 2.23. The number of thiophene rings is 2. The van der Waals surface area contributed by atoms with Crippen LogP contribution in [0.15, 0.2) is 52.9 Å². The first kappa shape index (κ1) is 21.2. The van der Waals surface area contributed by atoms with Crippen LogP contribution in [-0.2, 0) is 11.3 Å². The summed E-state index contributed by atoms with van der Waals surface area (Å²) in [6, 6.07) is 11.8. The molecular weight excluding hydrogens is 464 g/mol. The summed E-state index contributed by atoms with van der Waals surface area (Å²) in [5, 5.41) is 3.28. The van der Waals surface area contributed by atoms with Gasteiger partial charge in [-0.1, -0.05) is 17.7 Å². The minimum atomic E-state index is -0.164. The number of fused-ring (bicyclic) bond motifs is 1. The molecule has 0 spiro atoms. The largest absolute Gasteiger partial charge is 0.368 e. The quantitative estimate of drug-likeness (QED) is 0.428. The van der Waals surface area contributed by atoms with Crippen molar-refractivity contribution < 1.29 is 4.79 Å². The van der Waals surface area contributed by atoms with E-state index >= 15 is 0 Å². The van der Waals surface area contributed by atoms with Gasteiger partial charge in [0.05, 0.1) is 11.7 Å². The summed E-state index contributed by atoms with van der Waals surface area (Å²) in [6.45, 7) is 4.71. The van der Waals surface area contributed by atoms with Crippen molar-refractivity contribution in [2.75, 3.05) is 31.1 Å². The highest BCUT2D eigenvalue weighted by atomic mass is 35.5. The highest BCUT2D eigenvalue weighted by Crippen LogP contribution is 2.34. The maximum absolute atomic E-state index is 13.2. The molecular formula is C23H21ClN4O2S2. The van der Waals surface area contributed by atoms with Crippen molar-refractivity contribution in [3.05, 3.63) is 68.4 Å². The molecule has 1 aliphatic heterocycles. The van der Waals surface area contributed by atoms with E-state index in [4.69, 9.17) is 11.6 Å². The van der Waals surface area contributed by atoms with Crippen molar-refractivity contribution in [2.45, 2.75) is 13.5 Å². The Kier molecular flexibility index (Phi) is 5.75. The van der Waals surface area contributed by atoms with Crippen LogP contribution in [0.2, 0.25) is 5.02 Å². The molecule has 9 heteroatoms. The molecule has 0 saturated carbocycles. The van der Waals surface area contributed by atoms with Gasteiger partial charge in [0.25, 0.3) is 5.56 Å². The van der Waals surface area contributed by atoms with Crippen LogP contribution in [0.5, 0.6) is 0 Å². The minimum absolute atomic E-state index is 0.00229. The zero-order valence-electron chi connectivity index (χ0n) is 17.5. The standard InChI is InChI=1S/C23H21ClN4O2S2/c1-15-5-6-19(32-15)18-13-31-22-21(18)23(30)28(14-25-22)12-20(29)27-9-7-26(8-10-27)17-4-2-3-16(24)11-17/h2-6,11,13-14H,7-10,12H2,1H3. The number of halogens is 1. The van der Waals surface area contributed by atoms with Gasteiger partial charge in [-0.3, -0.25) is 14.2 Å². The van der Waals surface area contributed by atoms with Crippen LogP contribution in [0.1, 0.15) is 4.88 Å². The average Bonchev–Trinajstić information content (AvgIpc) is 3.42. The smallest absolute Gasteiger partial charge is 0.263 e. The topological polar surface area (TPSA) is 58.4 Å². The fraction of sp³-hybridized carbons (Fsp3) is 0.261. The Hall–Kier alpha value is -2.68. The van der Waals surface area contributed by atoms with Crippen molar-refractivity contribution in [3.8, 4) is 10.4 Å². The molecule has 1 fully saturated rings. The summed E-state index contributed by atoms with van der Waals surface area (Å²) in [6.07, 6.45) is 1.49. The fourth-order valence-corrected chi connectivity index (χ4v) is 6.02. The number of benzene rings is 1. The lowest BCUT2D eigenvalue weighted by Gasteiger charge is -2.36. The van der Waals surface area contributed by atoms with E-state index in [2.05, 4.69) is 9.88 Å². The Morgan fingerprint density at radius 3 is 2.69 bits per heavy atom. The third kappa shape index (κ3) is 4.05. The van der Waals surface area contributed by atoms with E-state index in [1.54, 1.807) is 11.3 Å². The zero-order valence-corrected chi connectivity index (χ0v) is 19.8. The molecule has 0 N–H and O–H groups in total. The van der Waals surface area contributed by atoms with Crippen molar-refractivity contribution >= 4 is 56.1 Å². The van der Waals surface area contributed by atoms with Crippen LogP contribution >= 0.6 is 34.3 Å². The van der Waals surface area contributed by atoms with E-state index in [1.807, 2.05) is 53.6 Å². The normalized spacial score (nSPS) is 14.3. The van der Waals surface area contributed by atoms with Gasteiger partial charge in [-0.25, -0.2) is 4.98 Å². The van der Waals surface area contributed by atoms with Gasteiger partial charge in [-0.15, -0.1) is 22.7 Å². The lowest BCUT2D eigenvalue weighted by atomic mass is 10.2. The first-order valence-electron chi connectivity index (χ1n) is 10.3. The average molecular weight is 485 g/mol. The van der Waals surface area contributed by atoms with Gasteiger partial charge in [-0.05, 0) is 37.3 Å². The molecule has 0 bridgehead atoms. The number of hydrogen-bond donors (Lipinski definition) is 0. The Bertz CT molecular complexity index is 1350. The van der Waals surface area contributed by atoms with Gasteiger partial charge < -0.3 is 9.80 Å². The van der Waals surface area contributed by atoms with E-state index in [-0.39, 0.29) is 18.0 Å². The fourth-order valence-electron chi connectivity index (χ4n) is 3.97. The summed E-state index contributed by atoms with van der Waals surface area (Å²) in [7, 11) is 0. The van der Waals surface area contributed by atoms with Crippen molar-refractivity contribution in [1.29, 1.82) is 0 Å². The number of piperazine rings is 1. The molecule has 0 atom stereocenters. The first-order chi connectivity index (χ1) is 15.5. The number of aryl methyl sites for hydroxylation is 1. The molecule has 5 rings (SSSR count). The van der Waals surface area contributed by atoms with Crippen molar-refractivity contribution in [1.82, 2.24) is 14.5 Å². The van der Waals surface area contributed by atoms with Gasteiger partial charge in [0.1, 0.15) is 11.4 Å². The third-order valence-corrected chi connectivity index (χ3v) is 7.83. The second-order valence-corrected chi connectivity index (χ2v) is 10.3. The highest BCUT2D eigenvalue weighted by molar-refractivity contribution is 7.19. The lowest BCUT2D eigenvalue weighted by molar-refractivity contribution is -0.132. The molecule has 1 aromatic carbocycles. The Morgan fingerprint density at radius 1 is 1.16 bits per heavy atom. The van der Waals surface area contributed by atoms with Gasteiger partial charge in [0, 0.05) is 57.6 Å². The third-order valence-electron chi connectivity index (χ3n) is 5.68. The number of aromatic nitrogens is 2.